The van der Waals surface area contributed by atoms with Crippen LogP contribution in [0.15, 0.2) is 73.1 Å². The molecule has 0 fully saturated rings. The van der Waals surface area contributed by atoms with E-state index in [2.05, 4.69) is 76.1 Å². The van der Waals surface area contributed by atoms with Crippen LogP contribution in [-0.4, -0.2) is 30.7 Å². The Bertz CT molecular complexity index is 1150. The topological polar surface area (TPSA) is 68.3 Å². The molecule has 0 aliphatic rings. The molecule has 1 aromatic heterocycles. The Labute approximate surface area is 182 Å². The average molecular weight is 415 g/mol. The lowest BCUT2D eigenvalue weighted by atomic mass is 9.98. The minimum Gasteiger partial charge on any atom is -0.493 e. The van der Waals surface area contributed by atoms with E-state index in [-0.39, 0.29) is 6.04 Å². The molecule has 0 saturated heterocycles. The number of ether oxygens (including phenoxy) is 2. The Kier molecular flexibility index (Phi) is 6.29. The highest BCUT2D eigenvalue weighted by Crippen LogP contribution is 2.34. The second kappa shape index (κ2) is 9.45. The molecular formula is C25H26N4O2. The van der Waals surface area contributed by atoms with Gasteiger partial charge in [0.15, 0.2) is 11.5 Å². The van der Waals surface area contributed by atoms with Crippen molar-refractivity contribution >= 4 is 22.4 Å². The normalized spacial score (nSPS) is 11.8. The van der Waals surface area contributed by atoms with Gasteiger partial charge < -0.3 is 20.1 Å². The molecule has 0 spiro atoms. The third-order valence-corrected chi connectivity index (χ3v) is 5.19. The molecule has 1 heterocycles. The lowest BCUT2D eigenvalue weighted by Crippen LogP contribution is -2.21. The van der Waals surface area contributed by atoms with Gasteiger partial charge in [0.25, 0.3) is 0 Å². The molecule has 0 bridgehead atoms. The van der Waals surface area contributed by atoms with Crippen molar-refractivity contribution in [1.82, 2.24) is 15.3 Å². The fraction of sp³-hybridized carbons (Fsp3) is 0.200. The summed E-state index contributed by atoms with van der Waals surface area (Å²) in [6.07, 6.45) is 1.54. The first-order valence-corrected chi connectivity index (χ1v) is 10.3. The fourth-order valence-electron chi connectivity index (χ4n) is 3.66. The first-order chi connectivity index (χ1) is 15.2. The van der Waals surface area contributed by atoms with E-state index in [0.717, 1.165) is 23.1 Å². The number of nitrogens with zero attached hydrogens (tertiary/aromatic N) is 2. The number of benzene rings is 3. The summed E-state index contributed by atoms with van der Waals surface area (Å²) in [6, 6.07) is 22.8. The highest BCUT2D eigenvalue weighted by atomic mass is 16.5. The molecule has 158 valence electrons. The van der Waals surface area contributed by atoms with Crippen molar-refractivity contribution in [3.05, 3.63) is 84.2 Å². The van der Waals surface area contributed by atoms with Crippen LogP contribution in [-0.2, 0) is 0 Å². The van der Waals surface area contributed by atoms with Gasteiger partial charge in [-0.25, -0.2) is 9.97 Å². The van der Waals surface area contributed by atoms with Gasteiger partial charge in [-0.3, -0.25) is 0 Å². The van der Waals surface area contributed by atoms with E-state index in [1.165, 1.54) is 11.1 Å². The second-order valence-electron chi connectivity index (χ2n) is 7.09. The summed E-state index contributed by atoms with van der Waals surface area (Å²) in [5, 5.41) is 7.83. The van der Waals surface area contributed by atoms with E-state index in [9.17, 15) is 0 Å². The summed E-state index contributed by atoms with van der Waals surface area (Å²) in [4.78, 5) is 8.80. The monoisotopic (exact) mass is 414 g/mol. The predicted molar refractivity (Wildman–Crippen MR) is 124 cm³/mol. The molecule has 2 N–H and O–H groups in total. The zero-order valence-corrected chi connectivity index (χ0v) is 17.9. The number of methoxy groups -OCH3 is 2. The lowest BCUT2D eigenvalue weighted by Gasteiger charge is -2.19. The molecular weight excluding hydrogens is 388 g/mol. The number of hydrogen-bond donors (Lipinski definition) is 2. The molecule has 0 amide bonds. The van der Waals surface area contributed by atoms with Gasteiger partial charge in [-0.1, -0.05) is 49.4 Å². The van der Waals surface area contributed by atoms with Crippen LogP contribution in [0.25, 0.3) is 10.9 Å². The maximum Gasteiger partial charge on any atom is 0.162 e. The maximum absolute atomic E-state index is 5.44. The minimum absolute atomic E-state index is 0.150. The van der Waals surface area contributed by atoms with Crippen LogP contribution in [0, 0.1) is 0 Å². The Morgan fingerprint density at radius 3 is 2.19 bits per heavy atom. The van der Waals surface area contributed by atoms with Crippen molar-refractivity contribution in [2.75, 3.05) is 26.1 Å². The van der Waals surface area contributed by atoms with E-state index in [4.69, 9.17) is 9.47 Å². The van der Waals surface area contributed by atoms with Gasteiger partial charge in [0, 0.05) is 17.1 Å². The van der Waals surface area contributed by atoms with E-state index in [1.54, 1.807) is 20.5 Å². The van der Waals surface area contributed by atoms with Gasteiger partial charge in [0.2, 0.25) is 0 Å². The van der Waals surface area contributed by atoms with Crippen LogP contribution in [0.4, 0.5) is 11.5 Å². The zero-order chi connectivity index (χ0) is 21.6. The van der Waals surface area contributed by atoms with E-state index in [1.807, 2.05) is 18.2 Å². The molecule has 3 aromatic carbocycles. The predicted octanol–water partition coefficient (Wildman–Crippen LogP) is 5.09. The van der Waals surface area contributed by atoms with E-state index in [0.29, 0.717) is 17.3 Å². The molecule has 1 atom stereocenters. The van der Waals surface area contributed by atoms with Crippen LogP contribution in [0.1, 0.15) is 24.1 Å². The molecule has 0 aliphatic heterocycles. The Morgan fingerprint density at radius 1 is 0.839 bits per heavy atom. The van der Waals surface area contributed by atoms with Crippen LogP contribution in [0.5, 0.6) is 11.5 Å². The third kappa shape index (κ3) is 4.44. The second-order valence-corrected chi connectivity index (χ2v) is 7.09. The van der Waals surface area contributed by atoms with Crippen molar-refractivity contribution in [3.8, 4) is 11.5 Å². The molecule has 31 heavy (non-hydrogen) atoms. The fourth-order valence-corrected chi connectivity index (χ4v) is 3.66. The van der Waals surface area contributed by atoms with Crippen molar-refractivity contribution in [2.45, 2.75) is 13.0 Å². The molecule has 6 heteroatoms. The SMILES string of the molecule is CCN[C@H](c1ccccc1)c1ccc(Nc2ncnc3cc(OC)c(OC)cc23)cc1. The number of anilines is 2. The first-order valence-electron chi connectivity index (χ1n) is 10.3. The highest BCUT2D eigenvalue weighted by molar-refractivity contribution is 5.93. The molecule has 0 unspecified atom stereocenters. The van der Waals surface area contributed by atoms with Crippen LogP contribution >= 0.6 is 0 Å². The molecule has 4 rings (SSSR count). The molecule has 4 aromatic rings. The lowest BCUT2D eigenvalue weighted by molar-refractivity contribution is 0.356. The summed E-state index contributed by atoms with van der Waals surface area (Å²) in [7, 11) is 3.23. The third-order valence-electron chi connectivity index (χ3n) is 5.19. The van der Waals surface area contributed by atoms with Crippen molar-refractivity contribution in [3.63, 3.8) is 0 Å². The van der Waals surface area contributed by atoms with E-state index >= 15 is 0 Å². The molecule has 6 nitrogen and oxygen atoms in total. The minimum atomic E-state index is 0.150. The highest BCUT2D eigenvalue weighted by Gasteiger charge is 2.14. The van der Waals surface area contributed by atoms with Gasteiger partial charge in [-0.2, -0.15) is 0 Å². The first kappa shape index (κ1) is 20.6. The molecule has 0 aliphatic carbocycles. The van der Waals surface area contributed by atoms with Gasteiger partial charge in [0.05, 0.1) is 25.8 Å². The average Bonchev–Trinajstić information content (AvgIpc) is 2.83. The van der Waals surface area contributed by atoms with Crippen LogP contribution in [0.3, 0.4) is 0 Å². The largest absolute Gasteiger partial charge is 0.493 e. The molecule has 0 radical (unpaired) electrons. The van der Waals surface area contributed by atoms with Gasteiger partial charge in [-0.15, -0.1) is 0 Å². The van der Waals surface area contributed by atoms with E-state index < -0.39 is 0 Å². The Hall–Kier alpha value is -3.64. The Balaban J connectivity index is 1.62. The summed E-state index contributed by atoms with van der Waals surface area (Å²) in [6.45, 7) is 3.01. The zero-order valence-electron chi connectivity index (χ0n) is 17.9. The summed E-state index contributed by atoms with van der Waals surface area (Å²) in [5.74, 6) is 1.99. The summed E-state index contributed by atoms with van der Waals surface area (Å²) < 4.78 is 10.8. The number of rotatable bonds is 8. The number of hydrogen-bond acceptors (Lipinski definition) is 6. The van der Waals surface area contributed by atoms with Crippen LogP contribution < -0.4 is 20.1 Å². The van der Waals surface area contributed by atoms with Gasteiger partial charge in [-0.05, 0) is 35.9 Å². The number of aromatic nitrogens is 2. The number of fused-ring (bicyclic) bond motifs is 1. The Morgan fingerprint density at radius 2 is 1.52 bits per heavy atom. The van der Waals surface area contributed by atoms with Gasteiger partial charge in [0.1, 0.15) is 12.1 Å². The smallest absolute Gasteiger partial charge is 0.162 e. The molecule has 0 saturated carbocycles. The van der Waals surface area contributed by atoms with Gasteiger partial charge >= 0.3 is 0 Å². The standard InChI is InChI=1S/C25H26N4O2/c1-4-26-24(17-8-6-5-7-9-17)18-10-12-19(13-11-18)29-25-20-14-22(30-2)23(31-3)15-21(20)27-16-28-25/h5-16,24,26H,4H2,1-3H3,(H,27,28,29)/t24-/m1/s1. The summed E-state index contributed by atoms with van der Waals surface area (Å²) >= 11 is 0. The van der Waals surface area contributed by atoms with Crippen molar-refractivity contribution in [1.29, 1.82) is 0 Å². The van der Waals surface area contributed by atoms with Crippen LogP contribution in [0.2, 0.25) is 0 Å². The van der Waals surface area contributed by atoms with Crippen molar-refractivity contribution in [2.24, 2.45) is 0 Å². The van der Waals surface area contributed by atoms with Crippen molar-refractivity contribution < 1.29 is 9.47 Å². The maximum atomic E-state index is 5.44. The summed E-state index contributed by atoms with van der Waals surface area (Å²) in [5.41, 5.74) is 4.18. The number of nitrogens with one attached hydrogen (secondary N) is 2. The quantitative estimate of drug-likeness (QED) is 0.419.